The second-order valence-electron chi connectivity index (χ2n) is 4.27. The molecule has 0 aliphatic carbocycles. The van der Waals surface area contributed by atoms with Crippen LogP contribution in [0.15, 0.2) is 30.6 Å². The summed E-state index contributed by atoms with van der Waals surface area (Å²) < 4.78 is 5.96. The van der Waals surface area contributed by atoms with Crippen molar-refractivity contribution in [2.75, 3.05) is 13.1 Å². The van der Waals surface area contributed by atoms with Crippen molar-refractivity contribution in [1.82, 2.24) is 15.3 Å². The monoisotopic (exact) mass is 229 g/mol. The van der Waals surface area contributed by atoms with E-state index in [-0.39, 0.29) is 0 Å². The van der Waals surface area contributed by atoms with Crippen LogP contribution in [-0.2, 0) is 0 Å². The van der Waals surface area contributed by atoms with Gasteiger partial charge in [0.1, 0.15) is 11.9 Å². The molecule has 0 radical (unpaired) electrons. The number of nitrogens with zero attached hydrogens (tertiary/aromatic N) is 2. The Balaban J connectivity index is 1.80. The lowest BCUT2D eigenvalue weighted by molar-refractivity contribution is 0.162. The third-order valence-corrected chi connectivity index (χ3v) is 3.03. The number of hydrogen-bond acceptors (Lipinski definition) is 4. The van der Waals surface area contributed by atoms with Crippen LogP contribution in [0, 0.1) is 0 Å². The van der Waals surface area contributed by atoms with Crippen LogP contribution < -0.4 is 10.1 Å². The molecule has 17 heavy (non-hydrogen) atoms. The number of aromatic nitrogens is 2. The van der Waals surface area contributed by atoms with Gasteiger partial charge in [0.15, 0.2) is 0 Å². The first-order chi connectivity index (χ1) is 8.42. The molecule has 1 aliphatic heterocycles. The van der Waals surface area contributed by atoms with Crippen molar-refractivity contribution < 1.29 is 4.74 Å². The average molecular weight is 229 g/mol. The van der Waals surface area contributed by atoms with Crippen molar-refractivity contribution in [2.24, 2.45) is 0 Å². The largest absolute Gasteiger partial charge is 0.490 e. The maximum absolute atomic E-state index is 5.96. The number of hydrogen-bond donors (Lipinski definition) is 1. The van der Waals surface area contributed by atoms with E-state index in [1.165, 1.54) is 0 Å². The molecule has 1 saturated heterocycles. The lowest BCUT2D eigenvalue weighted by Gasteiger charge is -2.23. The number of rotatable bonds is 2. The molecule has 2 heterocycles. The molecule has 1 aromatic heterocycles. The molecule has 0 saturated carbocycles. The predicted octanol–water partition coefficient (Wildman–Crippen LogP) is 1.76. The third-order valence-electron chi connectivity index (χ3n) is 3.03. The van der Waals surface area contributed by atoms with E-state index in [1.807, 2.05) is 18.2 Å². The quantitative estimate of drug-likeness (QED) is 0.852. The summed E-state index contributed by atoms with van der Waals surface area (Å²) in [6.45, 7) is 2.08. The van der Waals surface area contributed by atoms with Gasteiger partial charge >= 0.3 is 0 Å². The van der Waals surface area contributed by atoms with Crippen molar-refractivity contribution in [1.29, 1.82) is 0 Å². The second kappa shape index (κ2) is 4.67. The molecule has 0 unspecified atom stereocenters. The fraction of sp³-hybridized carbons (Fsp3) is 0.385. The van der Waals surface area contributed by atoms with Crippen LogP contribution in [0.25, 0.3) is 11.0 Å². The Morgan fingerprint density at radius 2 is 1.82 bits per heavy atom. The molecule has 1 aliphatic rings. The summed E-state index contributed by atoms with van der Waals surface area (Å²) in [4.78, 5) is 8.52. The maximum atomic E-state index is 5.96. The Kier molecular flexibility index (Phi) is 2.88. The van der Waals surface area contributed by atoms with Crippen molar-refractivity contribution in [3.63, 3.8) is 0 Å². The fourth-order valence-corrected chi connectivity index (χ4v) is 2.12. The first-order valence-electron chi connectivity index (χ1n) is 6.00. The first-order valence-corrected chi connectivity index (χ1v) is 6.00. The lowest BCUT2D eigenvalue weighted by atomic mass is 10.1. The summed E-state index contributed by atoms with van der Waals surface area (Å²) in [5, 5.41) is 3.33. The van der Waals surface area contributed by atoms with Crippen LogP contribution in [0.5, 0.6) is 5.75 Å². The van der Waals surface area contributed by atoms with Crippen LogP contribution in [0.1, 0.15) is 12.8 Å². The van der Waals surface area contributed by atoms with Crippen LogP contribution >= 0.6 is 0 Å². The SMILES string of the molecule is c1cnc2cc(OC3CCNCC3)ccc2n1. The van der Waals surface area contributed by atoms with Gasteiger partial charge in [0.25, 0.3) is 0 Å². The lowest BCUT2D eigenvalue weighted by Crippen LogP contribution is -2.34. The molecule has 3 rings (SSSR count). The minimum atomic E-state index is 0.324. The maximum Gasteiger partial charge on any atom is 0.122 e. The number of ether oxygens (including phenoxy) is 1. The van der Waals surface area contributed by atoms with E-state index in [1.54, 1.807) is 12.4 Å². The summed E-state index contributed by atoms with van der Waals surface area (Å²) in [5.74, 6) is 0.893. The van der Waals surface area contributed by atoms with E-state index < -0.39 is 0 Å². The molecule has 1 N–H and O–H groups in total. The molecule has 4 nitrogen and oxygen atoms in total. The molecular formula is C13H15N3O. The summed E-state index contributed by atoms with van der Waals surface area (Å²) in [6, 6.07) is 5.89. The van der Waals surface area contributed by atoms with Crippen LogP contribution in [-0.4, -0.2) is 29.2 Å². The van der Waals surface area contributed by atoms with Gasteiger partial charge in [-0.25, -0.2) is 0 Å². The first kappa shape index (κ1) is 10.5. The topological polar surface area (TPSA) is 47.0 Å². The zero-order valence-electron chi connectivity index (χ0n) is 9.60. The molecular weight excluding hydrogens is 214 g/mol. The van der Waals surface area contributed by atoms with Crippen LogP contribution in [0.3, 0.4) is 0 Å². The van der Waals surface area contributed by atoms with E-state index in [9.17, 15) is 0 Å². The number of piperidine rings is 1. The molecule has 1 aromatic carbocycles. The standard InChI is InChI=1S/C13H15N3O/c1-2-12-13(16-8-7-15-12)9-11(1)17-10-3-5-14-6-4-10/h1-2,7-10,14H,3-6H2. The highest BCUT2D eigenvalue weighted by atomic mass is 16.5. The summed E-state index contributed by atoms with van der Waals surface area (Å²) in [5.41, 5.74) is 1.80. The van der Waals surface area contributed by atoms with Gasteiger partial charge in [-0.1, -0.05) is 0 Å². The Bertz CT molecular complexity index is 509. The highest BCUT2D eigenvalue weighted by Crippen LogP contribution is 2.20. The molecule has 4 heteroatoms. The zero-order chi connectivity index (χ0) is 11.5. The molecule has 0 spiro atoms. The summed E-state index contributed by atoms with van der Waals surface area (Å²) >= 11 is 0. The Labute approximate surface area is 100 Å². The van der Waals surface area contributed by atoms with Crippen LogP contribution in [0.4, 0.5) is 0 Å². The van der Waals surface area contributed by atoms with Crippen molar-refractivity contribution in [3.05, 3.63) is 30.6 Å². The van der Waals surface area contributed by atoms with Crippen LogP contribution in [0.2, 0.25) is 0 Å². The van der Waals surface area contributed by atoms with Gasteiger partial charge in [-0.3, -0.25) is 9.97 Å². The molecule has 88 valence electrons. The fourth-order valence-electron chi connectivity index (χ4n) is 2.12. The highest BCUT2D eigenvalue weighted by Gasteiger charge is 2.14. The normalized spacial score (nSPS) is 17.2. The van der Waals surface area contributed by atoms with E-state index in [0.29, 0.717) is 6.10 Å². The minimum absolute atomic E-state index is 0.324. The predicted molar refractivity (Wildman–Crippen MR) is 66.1 cm³/mol. The molecule has 0 amide bonds. The van der Waals surface area contributed by atoms with Gasteiger partial charge in [0.2, 0.25) is 0 Å². The van der Waals surface area contributed by atoms with Gasteiger partial charge in [-0.15, -0.1) is 0 Å². The van der Waals surface area contributed by atoms with Crippen molar-refractivity contribution >= 4 is 11.0 Å². The molecule has 2 aromatic rings. The average Bonchev–Trinajstić information content (AvgIpc) is 2.40. The molecule has 0 atom stereocenters. The second-order valence-corrected chi connectivity index (χ2v) is 4.27. The van der Waals surface area contributed by atoms with Gasteiger partial charge in [0.05, 0.1) is 11.0 Å². The van der Waals surface area contributed by atoms with Crippen molar-refractivity contribution in [3.8, 4) is 5.75 Å². The molecule has 1 fully saturated rings. The molecule has 0 bridgehead atoms. The summed E-state index contributed by atoms with van der Waals surface area (Å²) in [6.07, 6.45) is 5.87. The highest BCUT2D eigenvalue weighted by molar-refractivity contribution is 5.75. The van der Waals surface area contributed by atoms with Gasteiger partial charge in [0, 0.05) is 18.5 Å². The Hall–Kier alpha value is -1.68. The summed E-state index contributed by atoms with van der Waals surface area (Å²) in [7, 11) is 0. The number of benzene rings is 1. The Morgan fingerprint density at radius 1 is 1.06 bits per heavy atom. The Morgan fingerprint density at radius 3 is 2.65 bits per heavy atom. The smallest absolute Gasteiger partial charge is 0.122 e. The number of fused-ring (bicyclic) bond motifs is 1. The van der Waals surface area contributed by atoms with Crippen molar-refractivity contribution in [2.45, 2.75) is 18.9 Å². The third kappa shape index (κ3) is 2.36. The van der Waals surface area contributed by atoms with E-state index in [4.69, 9.17) is 4.74 Å². The number of nitrogens with one attached hydrogen (secondary N) is 1. The van der Waals surface area contributed by atoms with Gasteiger partial charge in [-0.05, 0) is 38.1 Å². The van der Waals surface area contributed by atoms with Gasteiger partial charge < -0.3 is 10.1 Å². The minimum Gasteiger partial charge on any atom is -0.490 e. The zero-order valence-corrected chi connectivity index (χ0v) is 9.60. The van der Waals surface area contributed by atoms with E-state index in [0.717, 1.165) is 42.7 Å². The van der Waals surface area contributed by atoms with E-state index >= 15 is 0 Å². The van der Waals surface area contributed by atoms with E-state index in [2.05, 4.69) is 15.3 Å². The van der Waals surface area contributed by atoms with Gasteiger partial charge in [-0.2, -0.15) is 0 Å².